The number of allylic oxidation sites excluding steroid dienone is 1. The highest BCUT2D eigenvalue weighted by molar-refractivity contribution is 5.81. The van der Waals surface area contributed by atoms with Gasteiger partial charge in [0.25, 0.3) is 0 Å². The van der Waals surface area contributed by atoms with Crippen molar-refractivity contribution in [1.82, 2.24) is 9.88 Å². The van der Waals surface area contributed by atoms with Crippen molar-refractivity contribution >= 4 is 10.9 Å². The zero-order chi connectivity index (χ0) is 21.6. The molecule has 2 nitrogen and oxygen atoms in total. The van der Waals surface area contributed by atoms with E-state index in [0.717, 1.165) is 13.0 Å². The molecule has 2 rings (SSSR count). The molecule has 0 aliphatic rings. The van der Waals surface area contributed by atoms with E-state index < -0.39 is 0 Å². The second-order valence-corrected chi connectivity index (χ2v) is 9.33. The fraction of sp³-hybridized carbons (Fsp3) is 0.630. The minimum Gasteiger partial charge on any atom is -0.358 e. The van der Waals surface area contributed by atoms with Gasteiger partial charge in [-0.2, -0.15) is 0 Å². The highest BCUT2D eigenvalue weighted by Gasteiger charge is 2.20. The fourth-order valence-corrected chi connectivity index (χ4v) is 4.43. The molecule has 1 aromatic heterocycles. The van der Waals surface area contributed by atoms with Crippen LogP contribution in [0.5, 0.6) is 0 Å². The third kappa shape index (κ3) is 5.98. The number of fused-ring (bicyclic) bond motifs is 1. The van der Waals surface area contributed by atoms with E-state index in [1.807, 2.05) is 0 Å². The van der Waals surface area contributed by atoms with E-state index in [4.69, 9.17) is 0 Å². The molecule has 1 N–H and O–H groups in total. The summed E-state index contributed by atoms with van der Waals surface area (Å²) < 4.78 is 0. The summed E-state index contributed by atoms with van der Waals surface area (Å²) in [4.78, 5) is 6.21. The van der Waals surface area contributed by atoms with Crippen LogP contribution in [0.1, 0.15) is 96.9 Å². The Morgan fingerprint density at radius 3 is 2.31 bits per heavy atom. The third-order valence-corrected chi connectivity index (χ3v) is 6.87. The lowest BCUT2D eigenvalue weighted by Gasteiger charge is -2.27. The Morgan fingerprint density at radius 1 is 1.03 bits per heavy atom. The van der Waals surface area contributed by atoms with Crippen molar-refractivity contribution < 1.29 is 0 Å². The molecular formula is C27H44N2. The molecule has 29 heavy (non-hydrogen) atoms. The van der Waals surface area contributed by atoms with Gasteiger partial charge in [0.05, 0.1) is 0 Å². The molecule has 0 spiro atoms. The molecule has 0 fully saturated rings. The van der Waals surface area contributed by atoms with Gasteiger partial charge in [-0.3, -0.25) is 4.90 Å². The summed E-state index contributed by atoms with van der Waals surface area (Å²) >= 11 is 0. The molecular weight excluding hydrogens is 352 g/mol. The maximum atomic E-state index is 4.44. The molecule has 162 valence electrons. The topological polar surface area (TPSA) is 19.0 Å². The number of rotatable bonds is 12. The molecule has 0 unspecified atom stereocenters. The summed E-state index contributed by atoms with van der Waals surface area (Å²) in [6.45, 7) is 19.3. The van der Waals surface area contributed by atoms with E-state index >= 15 is 0 Å². The van der Waals surface area contributed by atoms with Crippen LogP contribution in [0.2, 0.25) is 0 Å². The smallest absolute Gasteiger partial charge is 0.0456 e. The van der Waals surface area contributed by atoms with E-state index in [1.54, 1.807) is 0 Å². The lowest BCUT2D eigenvalue weighted by Crippen LogP contribution is -2.24. The van der Waals surface area contributed by atoms with Crippen LogP contribution in [0.15, 0.2) is 36.4 Å². The van der Waals surface area contributed by atoms with E-state index in [0.29, 0.717) is 23.8 Å². The van der Waals surface area contributed by atoms with Crippen LogP contribution in [0, 0.1) is 11.8 Å². The molecule has 0 radical (unpaired) electrons. The minimum absolute atomic E-state index is 0.505. The number of nitrogens with one attached hydrogen (secondary N) is 1. The van der Waals surface area contributed by atoms with Crippen molar-refractivity contribution in [1.29, 1.82) is 0 Å². The standard InChI is InChI=1S/C27H44N2/c1-9-12-22(16-20(6)21(7)19(4)5)26-18-24-17-23(14-15-25(24)28-26)27(13-10-2)29(8)11-3/h14-15,17-19,21-22,27-28H,6,9-13,16H2,1-5,7-8H3/t21-,22+,27+/m0/s1. The van der Waals surface area contributed by atoms with Crippen molar-refractivity contribution in [3.63, 3.8) is 0 Å². The molecule has 2 heteroatoms. The van der Waals surface area contributed by atoms with Gasteiger partial charge in [-0.1, -0.05) is 72.6 Å². The van der Waals surface area contributed by atoms with E-state index in [2.05, 4.69) is 89.3 Å². The molecule has 0 bridgehead atoms. The first-order chi connectivity index (χ1) is 13.8. The average molecular weight is 397 g/mol. The Bertz CT molecular complexity index is 770. The van der Waals surface area contributed by atoms with Crippen molar-refractivity contribution in [3.05, 3.63) is 47.7 Å². The summed E-state index contributed by atoms with van der Waals surface area (Å²) in [6.07, 6.45) is 5.91. The van der Waals surface area contributed by atoms with Gasteiger partial charge in [-0.05, 0) is 73.8 Å². The van der Waals surface area contributed by atoms with Crippen LogP contribution in [0.3, 0.4) is 0 Å². The van der Waals surface area contributed by atoms with Crippen molar-refractivity contribution in [2.75, 3.05) is 13.6 Å². The van der Waals surface area contributed by atoms with Gasteiger partial charge in [0.15, 0.2) is 0 Å². The first-order valence-corrected chi connectivity index (χ1v) is 11.8. The summed E-state index contributed by atoms with van der Waals surface area (Å²) in [5.74, 6) is 1.76. The van der Waals surface area contributed by atoms with Crippen LogP contribution in [0.25, 0.3) is 10.9 Å². The number of hydrogen-bond acceptors (Lipinski definition) is 1. The molecule has 3 atom stereocenters. The van der Waals surface area contributed by atoms with Gasteiger partial charge in [-0.15, -0.1) is 0 Å². The largest absolute Gasteiger partial charge is 0.358 e. The predicted molar refractivity (Wildman–Crippen MR) is 130 cm³/mol. The zero-order valence-electron chi connectivity index (χ0n) is 20.0. The number of H-pyrrole nitrogens is 1. The summed E-state index contributed by atoms with van der Waals surface area (Å²) in [5, 5.41) is 1.35. The van der Waals surface area contributed by atoms with Gasteiger partial charge in [0.1, 0.15) is 0 Å². The number of aromatic nitrogens is 1. The monoisotopic (exact) mass is 396 g/mol. The molecule has 0 aliphatic heterocycles. The first kappa shape index (κ1) is 23.7. The normalized spacial score (nSPS) is 15.2. The SMILES string of the molecule is C=C(C[C@@H](CCC)c1cc2cc([C@@H](CCC)N(C)CC)ccc2[nH]1)[C@@H](C)C(C)C. The zero-order valence-corrected chi connectivity index (χ0v) is 20.0. The second kappa shape index (κ2) is 11.0. The Morgan fingerprint density at radius 2 is 1.72 bits per heavy atom. The lowest BCUT2D eigenvalue weighted by atomic mass is 9.83. The van der Waals surface area contributed by atoms with E-state index in [9.17, 15) is 0 Å². The number of hydrogen-bond donors (Lipinski definition) is 1. The summed E-state index contributed by atoms with van der Waals surface area (Å²) in [7, 11) is 2.24. The Labute approximate surface area is 179 Å². The first-order valence-electron chi connectivity index (χ1n) is 11.8. The summed E-state index contributed by atoms with van der Waals surface area (Å²) in [6, 6.07) is 9.93. The predicted octanol–water partition coefficient (Wildman–Crippen LogP) is 8.08. The van der Waals surface area contributed by atoms with Gasteiger partial charge in [0.2, 0.25) is 0 Å². The highest BCUT2D eigenvalue weighted by atomic mass is 15.1. The molecule has 0 aliphatic carbocycles. The van der Waals surface area contributed by atoms with Gasteiger partial charge < -0.3 is 4.98 Å². The van der Waals surface area contributed by atoms with Gasteiger partial charge in [-0.25, -0.2) is 0 Å². The van der Waals surface area contributed by atoms with Gasteiger partial charge in [0, 0.05) is 23.2 Å². The van der Waals surface area contributed by atoms with Crippen molar-refractivity contribution in [2.45, 2.75) is 85.6 Å². The fourth-order valence-electron chi connectivity index (χ4n) is 4.43. The lowest BCUT2D eigenvalue weighted by molar-refractivity contribution is 0.243. The molecule has 0 saturated heterocycles. The van der Waals surface area contributed by atoms with Crippen LogP contribution in [-0.2, 0) is 0 Å². The highest BCUT2D eigenvalue weighted by Crippen LogP contribution is 2.35. The molecule has 1 heterocycles. The second-order valence-electron chi connectivity index (χ2n) is 9.33. The van der Waals surface area contributed by atoms with Crippen molar-refractivity contribution in [2.24, 2.45) is 11.8 Å². The number of nitrogens with zero attached hydrogens (tertiary/aromatic N) is 1. The molecule has 0 amide bonds. The Kier molecular flexibility index (Phi) is 9.02. The molecule has 1 aromatic carbocycles. The van der Waals surface area contributed by atoms with Gasteiger partial charge >= 0.3 is 0 Å². The third-order valence-electron chi connectivity index (χ3n) is 6.87. The van der Waals surface area contributed by atoms with Crippen LogP contribution < -0.4 is 0 Å². The van der Waals surface area contributed by atoms with Crippen LogP contribution in [0.4, 0.5) is 0 Å². The maximum absolute atomic E-state index is 4.44. The molecule has 2 aromatic rings. The minimum atomic E-state index is 0.505. The Balaban J connectivity index is 2.31. The summed E-state index contributed by atoms with van der Waals surface area (Å²) in [5.41, 5.74) is 5.48. The Hall–Kier alpha value is -1.54. The number of aromatic amines is 1. The van der Waals surface area contributed by atoms with E-state index in [1.165, 1.54) is 53.4 Å². The van der Waals surface area contributed by atoms with Crippen LogP contribution in [-0.4, -0.2) is 23.5 Å². The molecule has 0 saturated carbocycles. The maximum Gasteiger partial charge on any atom is 0.0456 e. The quantitative estimate of drug-likeness (QED) is 0.359. The average Bonchev–Trinajstić information content (AvgIpc) is 3.13. The van der Waals surface area contributed by atoms with Crippen molar-refractivity contribution in [3.8, 4) is 0 Å². The van der Waals surface area contributed by atoms with E-state index in [-0.39, 0.29) is 0 Å². The number of benzene rings is 1. The van der Waals surface area contributed by atoms with Crippen LogP contribution >= 0.6 is 0 Å².